The van der Waals surface area contributed by atoms with E-state index in [1.54, 1.807) is 4.31 Å². The summed E-state index contributed by atoms with van der Waals surface area (Å²) in [5.74, 6) is 0. The van der Waals surface area contributed by atoms with Crippen molar-refractivity contribution in [2.24, 2.45) is 0 Å². The number of nitrogens with zero attached hydrogens (tertiary/aromatic N) is 1. The summed E-state index contributed by atoms with van der Waals surface area (Å²) in [5, 5.41) is 3.00. The molecule has 2 saturated heterocycles. The van der Waals surface area contributed by atoms with Crippen LogP contribution in [0.3, 0.4) is 0 Å². The highest BCUT2D eigenvalue weighted by Crippen LogP contribution is 2.20. The lowest BCUT2D eigenvalue weighted by molar-refractivity contribution is 0.0972. The molecule has 0 bridgehead atoms. The number of hydrogen-bond acceptors (Lipinski definition) is 4. The number of ether oxygens (including phenoxy) is 1. The minimum Gasteiger partial charge on any atom is -0.381 e. The van der Waals surface area contributed by atoms with Crippen LogP contribution in [0.15, 0.2) is 0 Å². The summed E-state index contributed by atoms with van der Waals surface area (Å²) < 4.78 is 31.5. The van der Waals surface area contributed by atoms with Crippen LogP contribution in [-0.4, -0.2) is 57.4 Å². The minimum absolute atomic E-state index is 0.223. The van der Waals surface area contributed by atoms with Crippen molar-refractivity contribution < 1.29 is 13.2 Å². The zero-order valence-electron chi connectivity index (χ0n) is 9.52. The first-order valence-corrected chi connectivity index (χ1v) is 7.49. The van der Waals surface area contributed by atoms with Crippen molar-refractivity contribution in [2.45, 2.75) is 24.5 Å². The topological polar surface area (TPSA) is 58.6 Å². The number of sulfonamides is 1. The van der Waals surface area contributed by atoms with Gasteiger partial charge >= 0.3 is 0 Å². The number of hydrogen-bond donors (Lipinski definition) is 1. The largest absolute Gasteiger partial charge is 0.381 e. The summed E-state index contributed by atoms with van der Waals surface area (Å²) in [7, 11) is -3.10. The SMILES string of the molecule is O=S(=O)(C1CCOCC1)N1CCCNCC1. The number of rotatable bonds is 2. The Morgan fingerprint density at radius 2 is 1.88 bits per heavy atom. The standard InChI is InChI=1S/C10H20N2O3S/c13-16(14,10-2-8-15-9-3-10)12-6-1-4-11-5-7-12/h10-11H,1-9H2. The van der Waals surface area contributed by atoms with E-state index in [9.17, 15) is 8.42 Å². The third-order valence-electron chi connectivity index (χ3n) is 3.25. The Morgan fingerprint density at radius 3 is 2.62 bits per heavy atom. The van der Waals surface area contributed by atoms with Crippen molar-refractivity contribution in [3.8, 4) is 0 Å². The van der Waals surface area contributed by atoms with Crippen LogP contribution >= 0.6 is 0 Å². The van der Waals surface area contributed by atoms with Crippen molar-refractivity contribution in [2.75, 3.05) is 39.4 Å². The van der Waals surface area contributed by atoms with Gasteiger partial charge in [0.15, 0.2) is 0 Å². The minimum atomic E-state index is -3.10. The van der Waals surface area contributed by atoms with Crippen LogP contribution in [0.4, 0.5) is 0 Å². The Balaban J connectivity index is 2.03. The van der Waals surface area contributed by atoms with E-state index >= 15 is 0 Å². The average molecular weight is 248 g/mol. The van der Waals surface area contributed by atoms with Gasteiger partial charge < -0.3 is 10.1 Å². The molecule has 94 valence electrons. The summed E-state index contributed by atoms with van der Waals surface area (Å²) >= 11 is 0. The summed E-state index contributed by atoms with van der Waals surface area (Å²) in [4.78, 5) is 0. The molecule has 0 amide bonds. The first-order chi connectivity index (χ1) is 7.71. The van der Waals surface area contributed by atoms with Gasteiger partial charge in [-0.3, -0.25) is 0 Å². The van der Waals surface area contributed by atoms with Gasteiger partial charge in [-0.15, -0.1) is 0 Å². The van der Waals surface area contributed by atoms with E-state index in [-0.39, 0.29) is 5.25 Å². The second-order valence-corrected chi connectivity index (χ2v) is 6.57. The molecule has 2 rings (SSSR count). The average Bonchev–Trinajstić information content (AvgIpc) is 2.59. The molecule has 0 aliphatic carbocycles. The smallest absolute Gasteiger partial charge is 0.217 e. The molecule has 0 aromatic carbocycles. The van der Waals surface area contributed by atoms with E-state index in [1.165, 1.54) is 0 Å². The molecule has 0 aromatic heterocycles. The quantitative estimate of drug-likeness (QED) is 0.734. The Bertz CT molecular complexity index is 304. The fourth-order valence-electron chi connectivity index (χ4n) is 2.26. The molecule has 2 aliphatic heterocycles. The van der Waals surface area contributed by atoms with E-state index in [0.29, 0.717) is 39.1 Å². The molecular weight excluding hydrogens is 228 g/mol. The lowest BCUT2D eigenvalue weighted by atomic mass is 10.2. The van der Waals surface area contributed by atoms with Crippen LogP contribution < -0.4 is 5.32 Å². The van der Waals surface area contributed by atoms with Gasteiger partial charge in [0.2, 0.25) is 10.0 Å². The molecule has 0 unspecified atom stereocenters. The Labute approximate surface area is 97.2 Å². The summed E-state index contributed by atoms with van der Waals surface area (Å²) in [5.41, 5.74) is 0. The summed E-state index contributed by atoms with van der Waals surface area (Å²) in [6.07, 6.45) is 2.20. The third-order valence-corrected chi connectivity index (χ3v) is 5.65. The second-order valence-electron chi connectivity index (χ2n) is 4.36. The van der Waals surface area contributed by atoms with E-state index in [4.69, 9.17) is 4.74 Å². The molecular formula is C10H20N2O3S. The van der Waals surface area contributed by atoms with Crippen LogP contribution in [0.5, 0.6) is 0 Å². The maximum atomic E-state index is 12.3. The van der Waals surface area contributed by atoms with Crippen molar-refractivity contribution in [1.82, 2.24) is 9.62 Å². The van der Waals surface area contributed by atoms with E-state index in [0.717, 1.165) is 19.5 Å². The molecule has 0 atom stereocenters. The first-order valence-electron chi connectivity index (χ1n) is 5.99. The molecule has 16 heavy (non-hydrogen) atoms. The number of nitrogens with one attached hydrogen (secondary N) is 1. The van der Waals surface area contributed by atoms with Gasteiger partial charge in [-0.05, 0) is 25.8 Å². The zero-order chi connectivity index (χ0) is 11.4. The molecule has 5 nitrogen and oxygen atoms in total. The normalized spacial score (nSPS) is 26.5. The molecule has 0 aromatic rings. The van der Waals surface area contributed by atoms with Gasteiger partial charge in [-0.25, -0.2) is 12.7 Å². The highest BCUT2D eigenvalue weighted by atomic mass is 32.2. The molecule has 0 radical (unpaired) electrons. The van der Waals surface area contributed by atoms with Crippen LogP contribution in [0.1, 0.15) is 19.3 Å². The van der Waals surface area contributed by atoms with Gasteiger partial charge in [0.05, 0.1) is 5.25 Å². The maximum absolute atomic E-state index is 12.3. The molecule has 0 saturated carbocycles. The van der Waals surface area contributed by atoms with Gasteiger partial charge in [0, 0.05) is 32.8 Å². The van der Waals surface area contributed by atoms with Crippen molar-refractivity contribution in [1.29, 1.82) is 0 Å². The highest BCUT2D eigenvalue weighted by molar-refractivity contribution is 7.89. The molecule has 2 fully saturated rings. The van der Waals surface area contributed by atoms with Gasteiger partial charge in [0.25, 0.3) is 0 Å². The highest BCUT2D eigenvalue weighted by Gasteiger charge is 2.33. The summed E-state index contributed by atoms with van der Waals surface area (Å²) in [6.45, 7) is 4.11. The molecule has 1 N–H and O–H groups in total. The first kappa shape index (κ1) is 12.3. The monoisotopic (exact) mass is 248 g/mol. The fraction of sp³-hybridized carbons (Fsp3) is 1.00. The predicted molar refractivity (Wildman–Crippen MR) is 61.8 cm³/mol. The lowest BCUT2D eigenvalue weighted by Crippen LogP contribution is -2.42. The van der Waals surface area contributed by atoms with Gasteiger partial charge in [0.1, 0.15) is 0 Å². The fourth-order valence-corrected chi connectivity index (χ4v) is 4.20. The van der Waals surface area contributed by atoms with Crippen LogP contribution in [0, 0.1) is 0 Å². The van der Waals surface area contributed by atoms with Crippen LogP contribution in [0.25, 0.3) is 0 Å². The maximum Gasteiger partial charge on any atom is 0.217 e. The van der Waals surface area contributed by atoms with Gasteiger partial charge in [-0.2, -0.15) is 0 Å². The Kier molecular flexibility index (Phi) is 4.18. The predicted octanol–water partition coefficient (Wildman–Crippen LogP) is -0.209. The van der Waals surface area contributed by atoms with Crippen molar-refractivity contribution >= 4 is 10.0 Å². The molecule has 0 spiro atoms. The molecule has 2 aliphatic rings. The Morgan fingerprint density at radius 1 is 1.12 bits per heavy atom. The zero-order valence-corrected chi connectivity index (χ0v) is 10.3. The van der Waals surface area contributed by atoms with E-state index in [1.807, 2.05) is 0 Å². The van der Waals surface area contributed by atoms with E-state index < -0.39 is 10.0 Å². The van der Waals surface area contributed by atoms with Crippen molar-refractivity contribution in [3.05, 3.63) is 0 Å². The molecule has 2 heterocycles. The molecule has 6 heteroatoms. The van der Waals surface area contributed by atoms with Gasteiger partial charge in [-0.1, -0.05) is 0 Å². The van der Waals surface area contributed by atoms with E-state index in [2.05, 4.69) is 5.32 Å². The van der Waals surface area contributed by atoms with Crippen LogP contribution in [-0.2, 0) is 14.8 Å². The second kappa shape index (κ2) is 5.44. The Hall–Kier alpha value is -0.170. The van der Waals surface area contributed by atoms with Crippen LogP contribution in [0.2, 0.25) is 0 Å². The van der Waals surface area contributed by atoms with Crippen molar-refractivity contribution in [3.63, 3.8) is 0 Å². The lowest BCUT2D eigenvalue weighted by Gasteiger charge is -2.28. The summed E-state index contributed by atoms with van der Waals surface area (Å²) in [6, 6.07) is 0. The third kappa shape index (κ3) is 2.74.